The number of pyridine rings is 2. The zero-order valence-electron chi connectivity index (χ0n) is 11.9. The molecule has 0 radical (unpaired) electrons. The lowest BCUT2D eigenvalue weighted by atomic mass is 10.3. The second-order valence-corrected chi connectivity index (χ2v) is 5.11. The van der Waals surface area contributed by atoms with Gasteiger partial charge in [0.25, 0.3) is 5.91 Å². The minimum Gasteiger partial charge on any atom is -0.472 e. The van der Waals surface area contributed by atoms with Gasteiger partial charge in [-0.2, -0.15) is 0 Å². The number of aryl methyl sites for hydroxylation is 1. The molecule has 2 aromatic rings. The Morgan fingerprint density at radius 2 is 2.19 bits per heavy atom. The molecular formula is C16H17N3O2. The van der Waals surface area contributed by atoms with Gasteiger partial charge in [-0.1, -0.05) is 12.1 Å². The number of rotatable bonds is 3. The van der Waals surface area contributed by atoms with Gasteiger partial charge >= 0.3 is 0 Å². The predicted octanol–water partition coefficient (Wildman–Crippen LogP) is 2.08. The van der Waals surface area contributed by atoms with Crippen molar-refractivity contribution in [3.8, 4) is 5.88 Å². The lowest BCUT2D eigenvalue weighted by molar-refractivity contribution is 0.0765. The molecule has 1 unspecified atom stereocenters. The topological polar surface area (TPSA) is 55.3 Å². The van der Waals surface area contributed by atoms with Gasteiger partial charge in [0.05, 0.1) is 6.54 Å². The molecule has 3 rings (SSSR count). The van der Waals surface area contributed by atoms with Crippen molar-refractivity contribution in [1.29, 1.82) is 0 Å². The minimum absolute atomic E-state index is 0.00744. The maximum atomic E-state index is 12.3. The third-order valence-electron chi connectivity index (χ3n) is 3.47. The lowest BCUT2D eigenvalue weighted by Crippen LogP contribution is -2.31. The van der Waals surface area contributed by atoms with E-state index in [0.29, 0.717) is 24.7 Å². The van der Waals surface area contributed by atoms with Crippen molar-refractivity contribution in [1.82, 2.24) is 14.9 Å². The Bertz CT molecular complexity index is 630. The van der Waals surface area contributed by atoms with Crippen LogP contribution in [0.3, 0.4) is 0 Å². The summed E-state index contributed by atoms with van der Waals surface area (Å²) in [4.78, 5) is 22.5. The number of hydrogen-bond donors (Lipinski definition) is 0. The number of carbonyl (C=O) groups excluding carboxylic acids is 1. The maximum absolute atomic E-state index is 12.3. The molecule has 1 saturated heterocycles. The highest BCUT2D eigenvalue weighted by Gasteiger charge is 2.28. The first kappa shape index (κ1) is 13.5. The van der Waals surface area contributed by atoms with Crippen molar-refractivity contribution >= 4 is 5.91 Å². The molecule has 2 aromatic heterocycles. The van der Waals surface area contributed by atoms with Crippen LogP contribution in [0.1, 0.15) is 22.6 Å². The smallest absolute Gasteiger partial charge is 0.272 e. The van der Waals surface area contributed by atoms with Crippen LogP contribution in [0, 0.1) is 6.92 Å². The molecule has 1 aliphatic heterocycles. The molecule has 0 aromatic carbocycles. The van der Waals surface area contributed by atoms with Gasteiger partial charge in [-0.15, -0.1) is 0 Å². The largest absolute Gasteiger partial charge is 0.472 e. The normalized spacial score (nSPS) is 17.8. The van der Waals surface area contributed by atoms with Gasteiger partial charge in [0, 0.05) is 30.9 Å². The Hall–Kier alpha value is -2.43. The average molecular weight is 283 g/mol. The molecule has 1 fully saturated rings. The van der Waals surface area contributed by atoms with Crippen molar-refractivity contribution in [3.05, 3.63) is 54.0 Å². The van der Waals surface area contributed by atoms with Crippen molar-refractivity contribution in [2.75, 3.05) is 13.1 Å². The van der Waals surface area contributed by atoms with Gasteiger partial charge in [0.1, 0.15) is 11.8 Å². The summed E-state index contributed by atoms with van der Waals surface area (Å²) < 4.78 is 5.85. The number of hydrogen-bond acceptors (Lipinski definition) is 4. The second-order valence-electron chi connectivity index (χ2n) is 5.11. The monoisotopic (exact) mass is 283 g/mol. The lowest BCUT2D eigenvalue weighted by Gasteiger charge is -2.16. The van der Waals surface area contributed by atoms with E-state index in [0.717, 1.165) is 12.1 Å². The van der Waals surface area contributed by atoms with Crippen LogP contribution in [0.5, 0.6) is 5.88 Å². The van der Waals surface area contributed by atoms with Crippen molar-refractivity contribution in [2.24, 2.45) is 0 Å². The number of likely N-dealkylation sites (tertiary alicyclic amines) is 1. The molecule has 0 saturated carbocycles. The van der Waals surface area contributed by atoms with E-state index in [1.807, 2.05) is 31.2 Å². The molecule has 1 atom stereocenters. The highest BCUT2D eigenvalue weighted by molar-refractivity contribution is 5.92. The Morgan fingerprint density at radius 3 is 2.95 bits per heavy atom. The Balaban J connectivity index is 1.62. The van der Waals surface area contributed by atoms with Crippen LogP contribution < -0.4 is 4.74 Å². The van der Waals surface area contributed by atoms with Crippen LogP contribution in [0.2, 0.25) is 0 Å². The maximum Gasteiger partial charge on any atom is 0.272 e. The number of aromatic nitrogens is 2. The van der Waals surface area contributed by atoms with Crippen molar-refractivity contribution < 1.29 is 9.53 Å². The Kier molecular flexibility index (Phi) is 3.81. The van der Waals surface area contributed by atoms with Crippen LogP contribution in [0.4, 0.5) is 0 Å². The van der Waals surface area contributed by atoms with E-state index in [1.165, 1.54) is 0 Å². The van der Waals surface area contributed by atoms with Crippen LogP contribution >= 0.6 is 0 Å². The molecule has 1 aliphatic rings. The third kappa shape index (κ3) is 3.18. The second kappa shape index (κ2) is 5.91. The van der Waals surface area contributed by atoms with Crippen LogP contribution in [-0.2, 0) is 0 Å². The number of amides is 1. The molecule has 0 bridgehead atoms. The van der Waals surface area contributed by atoms with Crippen molar-refractivity contribution in [2.45, 2.75) is 19.4 Å². The summed E-state index contributed by atoms with van der Waals surface area (Å²) in [6.45, 7) is 3.19. The summed E-state index contributed by atoms with van der Waals surface area (Å²) in [7, 11) is 0. The van der Waals surface area contributed by atoms with Crippen LogP contribution in [0.25, 0.3) is 0 Å². The molecule has 21 heavy (non-hydrogen) atoms. The van der Waals surface area contributed by atoms with E-state index in [9.17, 15) is 4.79 Å². The molecule has 5 nitrogen and oxygen atoms in total. The first-order chi connectivity index (χ1) is 10.2. The molecule has 108 valence electrons. The molecule has 0 spiro atoms. The van der Waals surface area contributed by atoms with Crippen LogP contribution in [0.15, 0.2) is 42.6 Å². The fourth-order valence-electron chi connectivity index (χ4n) is 2.41. The molecule has 0 N–H and O–H groups in total. The Labute approximate surface area is 123 Å². The highest BCUT2D eigenvalue weighted by Crippen LogP contribution is 2.18. The summed E-state index contributed by atoms with van der Waals surface area (Å²) in [5.41, 5.74) is 1.40. The zero-order chi connectivity index (χ0) is 14.7. The number of ether oxygens (including phenoxy) is 1. The summed E-state index contributed by atoms with van der Waals surface area (Å²) in [5.74, 6) is 0.575. The first-order valence-corrected chi connectivity index (χ1v) is 7.03. The molecule has 3 heterocycles. The van der Waals surface area contributed by atoms with Crippen molar-refractivity contribution in [3.63, 3.8) is 0 Å². The SMILES string of the molecule is Cc1cccc(OC2CCN(C(=O)c3ccccn3)C2)n1. The fraction of sp³-hybridized carbons (Fsp3) is 0.312. The van der Waals surface area contributed by atoms with Gasteiger partial charge in [-0.25, -0.2) is 4.98 Å². The van der Waals surface area contributed by atoms with E-state index in [2.05, 4.69) is 9.97 Å². The minimum atomic E-state index is -0.0427. The van der Waals surface area contributed by atoms with Gasteiger partial charge in [0.2, 0.25) is 5.88 Å². The first-order valence-electron chi connectivity index (χ1n) is 7.03. The van der Waals surface area contributed by atoms with Gasteiger partial charge in [-0.3, -0.25) is 9.78 Å². The van der Waals surface area contributed by atoms with E-state index >= 15 is 0 Å². The molecule has 1 amide bonds. The summed E-state index contributed by atoms with van der Waals surface area (Å²) in [5, 5.41) is 0. The van der Waals surface area contributed by atoms with E-state index in [4.69, 9.17) is 4.74 Å². The molecular weight excluding hydrogens is 266 g/mol. The van der Waals surface area contributed by atoms with Crippen LogP contribution in [-0.4, -0.2) is 40.0 Å². The summed E-state index contributed by atoms with van der Waals surface area (Å²) in [6, 6.07) is 11.0. The fourth-order valence-corrected chi connectivity index (χ4v) is 2.41. The third-order valence-corrected chi connectivity index (χ3v) is 3.47. The van der Waals surface area contributed by atoms with Gasteiger partial charge in [0.15, 0.2) is 0 Å². The molecule has 5 heteroatoms. The van der Waals surface area contributed by atoms with Gasteiger partial charge in [-0.05, 0) is 25.1 Å². The quantitative estimate of drug-likeness (QED) is 0.865. The summed E-state index contributed by atoms with van der Waals surface area (Å²) in [6.07, 6.45) is 2.44. The summed E-state index contributed by atoms with van der Waals surface area (Å²) >= 11 is 0. The van der Waals surface area contributed by atoms with E-state index < -0.39 is 0 Å². The van der Waals surface area contributed by atoms with Gasteiger partial charge < -0.3 is 9.64 Å². The zero-order valence-corrected chi connectivity index (χ0v) is 11.9. The Morgan fingerprint density at radius 1 is 1.29 bits per heavy atom. The highest BCUT2D eigenvalue weighted by atomic mass is 16.5. The molecule has 0 aliphatic carbocycles. The number of nitrogens with zero attached hydrogens (tertiary/aromatic N) is 3. The average Bonchev–Trinajstić information content (AvgIpc) is 2.96. The number of carbonyl (C=O) groups is 1. The van der Waals surface area contributed by atoms with E-state index in [1.54, 1.807) is 23.2 Å². The predicted molar refractivity (Wildman–Crippen MR) is 78.1 cm³/mol. The van der Waals surface area contributed by atoms with E-state index in [-0.39, 0.29) is 12.0 Å². The standard InChI is InChI=1S/C16H17N3O2/c1-12-5-4-7-15(18-12)21-13-8-10-19(11-13)16(20)14-6-2-3-9-17-14/h2-7,9,13H,8,10-11H2,1H3.